The van der Waals surface area contributed by atoms with E-state index in [0.717, 1.165) is 29.9 Å². The highest BCUT2D eigenvalue weighted by Crippen LogP contribution is 2.45. The van der Waals surface area contributed by atoms with Gasteiger partial charge >= 0.3 is 5.97 Å². The molecule has 1 amide bonds. The fraction of sp³-hybridized carbons (Fsp3) is 0.269. The van der Waals surface area contributed by atoms with Crippen LogP contribution in [0.1, 0.15) is 40.6 Å². The number of hydrogen-bond acceptors (Lipinski definition) is 6. The average molecular weight is 495 g/mol. The van der Waals surface area contributed by atoms with Crippen LogP contribution in [-0.4, -0.2) is 29.2 Å². The number of hydrogen-bond donors (Lipinski definition) is 0. The molecule has 1 aliphatic carbocycles. The van der Waals surface area contributed by atoms with Gasteiger partial charge in [-0.15, -0.1) is 22.7 Å². The van der Waals surface area contributed by atoms with Crippen LogP contribution in [0.4, 0.5) is 4.39 Å². The molecule has 1 saturated carbocycles. The molecule has 5 nitrogen and oxygen atoms in total. The van der Waals surface area contributed by atoms with E-state index in [2.05, 4.69) is 12.1 Å². The Morgan fingerprint density at radius 1 is 1.12 bits per heavy atom. The first-order valence-electron chi connectivity index (χ1n) is 11.2. The minimum atomic E-state index is -0.532. The van der Waals surface area contributed by atoms with Crippen molar-refractivity contribution >= 4 is 46.3 Å². The molecule has 2 aromatic heterocycles. The van der Waals surface area contributed by atoms with E-state index in [1.165, 1.54) is 39.7 Å². The quantitative estimate of drug-likeness (QED) is 0.404. The van der Waals surface area contributed by atoms with Gasteiger partial charge in [0.15, 0.2) is 6.61 Å². The van der Waals surface area contributed by atoms with Crippen molar-refractivity contribution in [3.8, 4) is 0 Å². The summed E-state index contributed by atoms with van der Waals surface area (Å²) >= 11 is 3.29. The maximum atomic E-state index is 13.2. The first kappa shape index (κ1) is 22.7. The Bertz CT molecular complexity index is 1220. The van der Waals surface area contributed by atoms with Gasteiger partial charge in [-0.1, -0.05) is 24.3 Å². The van der Waals surface area contributed by atoms with E-state index in [1.54, 1.807) is 22.7 Å². The number of amides is 1. The summed E-state index contributed by atoms with van der Waals surface area (Å²) in [4.78, 5) is 27.7. The first-order chi connectivity index (χ1) is 16.6. The third-order valence-electron chi connectivity index (χ3n) is 6.07. The van der Waals surface area contributed by atoms with E-state index in [4.69, 9.17) is 9.84 Å². The number of benzene rings is 1. The maximum absolute atomic E-state index is 13.2. The predicted octanol–water partition coefficient (Wildman–Crippen LogP) is 5.86. The maximum Gasteiger partial charge on any atom is 0.310 e. The Balaban J connectivity index is 1.33. The third-order valence-corrected chi connectivity index (χ3v) is 7.83. The van der Waals surface area contributed by atoms with E-state index in [-0.39, 0.29) is 36.7 Å². The lowest BCUT2D eigenvalue weighted by atomic mass is 9.79. The van der Waals surface area contributed by atoms with E-state index in [1.807, 2.05) is 29.0 Å². The Morgan fingerprint density at radius 3 is 2.65 bits per heavy atom. The molecule has 8 heteroatoms. The molecule has 34 heavy (non-hydrogen) atoms. The Hall–Kier alpha value is -3.10. The second kappa shape index (κ2) is 10.0. The molecule has 0 radical (unpaired) electrons. The minimum absolute atomic E-state index is 0.0211. The van der Waals surface area contributed by atoms with Crippen molar-refractivity contribution in [2.24, 2.45) is 11.0 Å². The zero-order chi connectivity index (χ0) is 23.5. The molecular weight excluding hydrogens is 471 g/mol. The van der Waals surface area contributed by atoms with E-state index in [0.29, 0.717) is 5.56 Å². The molecule has 0 saturated heterocycles. The number of esters is 1. The van der Waals surface area contributed by atoms with Crippen molar-refractivity contribution in [2.75, 3.05) is 6.61 Å². The second-order valence-corrected chi connectivity index (χ2v) is 10.3. The summed E-state index contributed by atoms with van der Waals surface area (Å²) < 4.78 is 18.4. The van der Waals surface area contributed by atoms with Gasteiger partial charge in [0.25, 0.3) is 5.91 Å². The number of halogens is 1. The highest BCUT2D eigenvalue weighted by Gasteiger charge is 2.44. The van der Waals surface area contributed by atoms with Gasteiger partial charge in [-0.25, -0.2) is 9.40 Å². The largest absolute Gasteiger partial charge is 0.455 e. The summed E-state index contributed by atoms with van der Waals surface area (Å²) in [6, 6.07) is 13.6. The molecule has 1 aliphatic heterocycles. The summed E-state index contributed by atoms with van der Waals surface area (Å²) in [5.41, 5.74) is 2.76. The summed E-state index contributed by atoms with van der Waals surface area (Å²) in [5, 5.41) is 10.4. The molecule has 3 heterocycles. The van der Waals surface area contributed by atoms with Gasteiger partial charge < -0.3 is 4.74 Å². The van der Waals surface area contributed by atoms with Crippen molar-refractivity contribution in [3.05, 3.63) is 86.0 Å². The average Bonchev–Trinajstić information content (AvgIpc) is 3.60. The van der Waals surface area contributed by atoms with Gasteiger partial charge in [0, 0.05) is 15.7 Å². The van der Waals surface area contributed by atoms with Crippen LogP contribution in [0.15, 0.2) is 70.0 Å². The van der Waals surface area contributed by atoms with Gasteiger partial charge in [-0.2, -0.15) is 5.10 Å². The normalized spacial score (nSPS) is 20.8. The van der Waals surface area contributed by atoms with Crippen LogP contribution >= 0.6 is 22.7 Å². The number of hydrazone groups is 1. The molecule has 2 aliphatic rings. The standard InChI is InChI=1S/C26H23FN2O3S2/c27-19-10-8-17(9-11-19)14-24(31)32-16-23(30)29-26(22-7-3-13-34-22)21-6-1-4-18(25(21)28-29)15-20-5-2-12-33-20/h2-3,5,7-13,15,21,26H,1,4,6,14,16H2. The number of ether oxygens (including phenoxy) is 1. The van der Waals surface area contributed by atoms with Gasteiger partial charge in [0.1, 0.15) is 5.82 Å². The van der Waals surface area contributed by atoms with E-state index >= 15 is 0 Å². The minimum Gasteiger partial charge on any atom is -0.455 e. The van der Waals surface area contributed by atoms with Crippen molar-refractivity contribution in [3.63, 3.8) is 0 Å². The molecule has 2 unspecified atom stereocenters. The molecule has 3 aromatic rings. The summed E-state index contributed by atoms with van der Waals surface area (Å²) in [6.07, 6.45) is 5.08. The molecular formula is C26H23FN2O3S2. The van der Waals surface area contributed by atoms with Crippen molar-refractivity contribution in [2.45, 2.75) is 31.7 Å². The van der Waals surface area contributed by atoms with Crippen LogP contribution in [0.5, 0.6) is 0 Å². The molecule has 0 bridgehead atoms. The van der Waals surface area contributed by atoms with Crippen molar-refractivity contribution in [1.29, 1.82) is 0 Å². The lowest BCUT2D eigenvalue weighted by Crippen LogP contribution is -2.34. The van der Waals surface area contributed by atoms with Crippen molar-refractivity contribution in [1.82, 2.24) is 5.01 Å². The van der Waals surface area contributed by atoms with Gasteiger partial charge in [0.2, 0.25) is 0 Å². The topological polar surface area (TPSA) is 59.0 Å². The monoisotopic (exact) mass is 494 g/mol. The van der Waals surface area contributed by atoms with Crippen LogP contribution in [-0.2, 0) is 20.7 Å². The first-order valence-corrected chi connectivity index (χ1v) is 12.9. The summed E-state index contributed by atoms with van der Waals surface area (Å²) in [5.74, 6) is -1.12. The smallest absolute Gasteiger partial charge is 0.310 e. The molecule has 1 aromatic carbocycles. The highest BCUT2D eigenvalue weighted by atomic mass is 32.1. The van der Waals surface area contributed by atoms with Crippen LogP contribution in [0.25, 0.3) is 6.08 Å². The van der Waals surface area contributed by atoms with Crippen LogP contribution < -0.4 is 0 Å². The highest BCUT2D eigenvalue weighted by molar-refractivity contribution is 7.11. The Labute approximate surface area is 205 Å². The van der Waals surface area contributed by atoms with Gasteiger partial charge in [0.05, 0.1) is 18.2 Å². The number of allylic oxidation sites excluding steroid dienone is 1. The molecule has 0 spiro atoms. The SMILES string of the molecule is O=C(Cc1ccc(F)cc1)OCC(=O)N1N=C2C(=Cc3cccs3)CCCC2C1c1cccs1. The fourth-order valence-corrected chi connectivity index (χ4v) is 6.08. The van der Waals surface area contributed by atoms with Crippen LogP contribution in [0, 0.1) is 11.7 Å². The third kappa shape index (κ3) is 4.88. The Kier molecular flexibility index (Phi) is 6.69. The Morgan fingerprint density at radius 2 is 1.91 bits per heavy atom. The molecule has 0 N–H and O–H groups in total. The van der Waals surface area contributed by atoms with Crippen LogP contribution in [0.2, 0.25) is 0 Å². The van der Waals surface area contributed by atoms with Gasteiger partial charge in [-0.3, -0.25) is 9.59 Å². The molecule has 1 fully saturated rings. The lowest BCUT2D eigenvalue weighted by molar-refractivity contribution is -0.152. The summed E-state index contributed by atoms with van der Waals surface area (Å²) in [6.45, 7) is -0.380. The zero-order valence-electron chi connectivity index (χ0n) is 18.4. The molecule has 174 valence electrons. The number of carbonyl (C=O) groups is 2. The number of rotatable bonds is 6. The van der Waals surface area contributed by atoms with Crippen molar-refractivity contribution < 1.29 is 18.7 Å². The number of fused-ring (bicyclic) bond motifs is 1. The molecule has 5 rings (SSSR count). The molecule has 2 atom stereocenters. The van der Waals surface area contributed by atoms with Crippen LogP contribution in [0.3, 0.4) is 0 Å². The predicted molar refractivity (Wildman–Crippen MR) is 132 cm³/mol. The van der Waals surface area contributed by atoms with E-state index < -0.39 is 5.97 Å². The number of thiophene rings is 2. The van der Waals surface area contributed by atoms with E-state index in [9.17, 15) is 14.0 Å². The zero-order valence-corrected chi connectivity index (χ0v) is 20.0. The summed E-state index contributed by atoms with van der Waals surface area (Å²) in [7, 11) is 0. The van der Waals surface area contributed by atoms with Gasteiger partial charge in [-0.05, 0) is 71.5 Å². The fourth-order valence-electron chi connectivity index (χ4n) is 4.52. The number of carbonyl (C=O) groups excluding carboxylic acids is 2. The number of nitrogens with zero attached hydrogens (tertiary/aromatic N) is 2. The second-order valence-electron chi connectivity index (χ2n) is 8.33. The lowest BCUT2D eigenvalue weighted by Gasteiger charge is -2.28.